The summed E-state index contributed by atoms with van der Waals surface area (Å²) in [7, 11) is 0. The molecule has 0 saturated heterocycles. The van der Waals surface area contributed by atoms with E-state index in [9.17, 15) is 4.79 Å². The minimum atomic E-state index is -0.302. The van der Waals surface area contributed by atoms with Crippen LogP contribution < -0.4 is 4.74 Å². The van der Waals surface area contributed by atoms with Gasteiger partial charge in [-0.2, -0.15) is 5.26 Å². The van der Waals surface area contributed by atoms with Crippen LogP contribution in [0.5, 0.6) is 5.75 Å². The lowest BCUT2D eigenvalue weighted by atomic mass is 9.97. The molecule has 1 aliphatic rings. The van der Waals surface area contributed by atoms with Crippen LogP contribution in [0.4, 0.5) is 0 Å². The molecule has 2 aromatic carbocycles. The Morgan fingerprint density at radius 1 is 1.23 bits per heavy atom. The second kappa shape index (κ2) is 6.31. The zero-order chi connectivity index (χ0) is 15.4. The Bertz CT molecular complexity index is 733. The van der Waals surface area contributed by atoms with Gasteiger partial charge < -0.3 is 9.47 Å². The zero-order valence-electron chi connectivity index (χ0n) is 12.0. The molecule has 0 N–H and O–H groups in total. The SMILES string of the molecule is N#Cc1ccccc1COC(=O)[C@H]1COc2ccccc2C1. The number of fused-ring (bicyclic) bond motifs is 1. The molecule has 110 valence electrons. The molecule has 1 atom stereocenters. The van der Waals surface area contributed by atoms with E-state index in [1.54, 1.807) is 18.2 Å². The summed E-state index contributed by atoms with van der Waals surface area (Å²) < 4.78 is 11.0. The van der Waals surface area contributed by atoms with Crippen LogP contribution in [-0.2, 0) is 22.6 Å². The summed E-state index contributed by atoms with van der Waals surface area (Å²) in [5.74, 6) is 0.243. The van der Waals surface area contributed by atoms with Gasteiger partial charge in [-0.25, -0.2) is 0 Å². The Hall–Kier alpha value is -2.80. The van der Waals surface area contributed by atoms with Gasteiger partial charge in [-0.3, -0.25) is 4.79 Å². The number of benzene rings is 2. The number of para-hydroxylation sites is 1. The number of ether oxygens (including phenoxy) is 2. The van der Waals surface area contributed by atoms with Crippen molar-refractivity contribution in [1.29, 1.82) is 5.26 Å². The third kappa shape index (κ3) is 2.94. The Balaban J connectivity index is 1.63. The van der Waals surface area contributed by atoms with Crippen LogP contribution in [0.15, 0.2) is 48.5 Å². The average molecular weight is 293 g/mol. The van der Waals surface area contributed by atoms with Crippen molar-refractivity contribution in [2.75, 3.05) is 6.61 Å². The first-order valence-electron chi connectivity index (χ1n) is 7.13. The van der Waals surface area contributed by atoms with Crippen molar-refractivity contribution < 1.29 is 14.3 Å². The van der Waals surface area contributed by atoms with Gasteiger partial charge in [0.25, 0.3) is 0 Å². The first kappa shape index (κ1) is 14.2. The number of carbonyl (C=O) groups excluding carboxylic acids is 1. The average Bonchev–Trinajstić information content (AvgIpc) is 2.59. The number of rotatable bonds is 3. The van der Waals surface area contributed by atoms with Crippen LogP contribution in [-0.4, -0.2) is 12.6 Å². The molecule has 0 amide bonds. The van der Waals surface area contributed by atoms with Crippen molar-refractivity contribution in [2.24, 2.45) is 5.92 Å². The summed E-state index contributed by atoms with van der Waals surface area (Å²) in [6.45, 7) is 0.441. The van der Waals surface area contributed by atoms with E-state index in [0.717, 1.165) is 16.9 Å². The summed E-state index contributed by atoms with van der Waals surface area (Å²) in [5, 5.41) is 9.03. The predicted molar refractivity (Wildman–Crippen MR) is 80.1 cm³/mol. The maximum absolute atomic E-state index is 12.2. The molecule has 4 nitrogen and oxygen atoms in total. The van der Waals surface area contributed by atoms with Crippen LogP contribution in [0.3, 0.4) is 0 Å². The molecule has 0 aromatic heterocycles. The minimum Gasteiger partial charge on any atom is -0.492 e. The van der Waals surface area contributed by atoms with E-state index >= 15 is 0 Å². The van der Waals surface area contributed by atoms with Crippen molar-refractivity contribution >= 4 is 5.97 Å². The fraction of sp³-hybridized carbons (Fsp3) is 0.222. The highest BCUT2D eigenvalue weighted by molar-refractivity contribution is 5.73. The molecule has 0 spiro atoms. The zero-order valence-corrected chi connectivity index (χ0v) is 12.0. The fourth-order valence-corrected chi connectivity index (χ4v) is 2.50. The van der Waals surface area contributed by atoms with Crippen molar-refractivity contribution in [2.45, 2.75) is 13.0 Å². The largest absolute Gasteiger partial charge is 0.492 e. The van der Waals surface area contributed by atoms with Gasteiger partial charge in [-0.1, -0.05) is 36.4 Å². The van der Waals surface area contributed by atoms with E-state index in [4.69, 9.17) is 14.7 Å². The molecule has 0 unspecified atom stereocenters. The molecule has 1 heterocycles. The first-order chi connectivity index (χ1) is 10.8. The third-order valence-corrected chi connectivity index (χ3v) is 3.72. The molecule has 1 aliphatic heterocycles. The molecule has 3 rings (SSSR count). The molecular weight excluding hydrogens is 278 g/mol. The van der Waals surface area contributed by atoms with E-state index in [2.05, 4.69) is 6.07 Å². The molecule has 22 heavy (non-hydrogen) atoms. The number of nitrogens with zero attached hydrogens (tertiary/aromatic N) is 1. The summed E-state index contributed by atoms with van der Waals surface area (Å²) in [6, 6.07) is 16.9. The summed E-state index contributed by atoms with van der Waals surface area (Å²) in [4.78, 5) is 12.2. The smallest absolute Gasteiger partial charge is 0.313 e. The van der Waals surface area contributed by atoms with E-state index in [-0.39, 0.29) is 18.5 Å². The molecule has 0 bridgehead atoms. The topological polar surface area (TPSA) is 59.3 Å². The highest BCUT2D eigenvalue weighted by atomic mass is 16.5. The molecule has 0 radical (unpaired) electrons. The van der Waals surface area contributed by atoms with Gasteiger partial charge in [0.05, 0.1) is 17.6 Å². The summed E-state index contributed by atoms with van der Waals surface area (Å²) in [5.41, 5.74) is 2.27. The van der Waals surface area contributed by atoms with Crippen molar-refractivity contribution in [1.82, 2.24) is 0 Å². The second-order valence-corrected chi connectivity index (χ2v) is 5.20. The number of carbonyl (C=O) groups is 1. The predicted octanol–water partition coefficient (Wildman–Crippen LogP) is 2.85. The van der Waals surface area contributed by atoms with Gasteiger partial charge in [-0.05, 0) is 24.1 Å². The summed E-state index contributed by atoms with van der Waals surface area (Å²) in [6.07, 6.45) is 0.620. The number of nitriles is 1. The Morgan fingerprint density at radius 2 is 2.00 bits per heavy atom. The molecular formula is C18H15NO3. The van der Waals surface area contributed by atoms with Gasteiger partial charge in [0.15, 0.2) is 0 Å². The van der Waals surface area contributed by atoms with Crippen LogP contribution in [0.1, 0.15) is 16.7 Å². The highest BCUT2D eigenvalue weighted by Gasteiger charge is 2.27. The normalized spacial score (nSPS) is 16.0. The van der Waals surface area contributed by atoms with E-state index in [1.165, 1.54) is 0 Å². The summed E-state index contributed by atoms with van der Waals surface area (Å²) >= 11 is 0. The van der Waals surface area contributed by atoms with Crippen LogP contribution >= 0.6 is 0 Å². The monoisotopic (exact) mass is 293 g/mol. The maximum Gasteiger partial charge on any atom is 0.313 e. The number of hydrogen-bond acceptors (Lipinski definition) is 4. The third-order valence-electron chi connectivity index (χ3n) is 3.72. The van der Waals surface area contributed by atoms with Crippen LogP contribution in [0, 0.1) is 17.2 Å². The Kier molecular flexibility index (Phi) is 4.06. The molecule has 0 fully saturated rings. The van der Waals surface area contributed by atoms with E-state index in [0.29, 0.717) is 18.6 Å². The molecule has 2 aromatic rings. The maximum atomic E-state index is 12.2. The van der Waals surface area contributed by atoms with Crippen molar-refractivity contribution in [3.05, 3.63) is 65.2 Å². The van der Waals surface area contributed by atoms with Crippen LogP contribution in [0.25, 0.3) is 0 Å². The Morgan fingerprint density at radius 3 is 2.86 bits per heavy atom. The van der Waals surface area contributed by atoms with Gasteiger partial charge in [0, 0.05) is 5.56 Å². The lowest BCUT2D eigenvalue weighted by molar-refractivity contribution is -0.151. The van der Waals surface area contributed by atoms with E-state index in [1.807, 2.05) is 30.3 Å². The van der Waals surface area contributed by atoms with Crippen molar-refractivity contribution in [3.63, 3.8) is 0 Å². The lowest BCUT2D eigenvalue weighted by Crippen LogP contribution is -2.29. The number of hydrogen-bond donors (Lipinski definition) is 0. The Labute approximate surface area is 128 Å². The van der Waals surface area contributed by atoms with Gasteiger partial charge in [-0.15, -0.1) is 0 Å². The van der Waals surface area contributed by atoms with Gasteiger partial charge >= 0.3 is 5.97 Å². The van der Waals surface area contributed by atoms with Gasteiger partial charge in [0.1, 0.15) is 19.0 Å². The van der Waals surface area contributed by atoms with E-state index < -0.39 is 0 Å². The van der Waals surface area contributed by atoms with Crippen LogP contribution in [0.2, 0.25) is 0 Å². The molecule has 0 saturated carbocycles. The molecule has 4 heteroatoms. The van der Waals surface area contributed by atoms with Gasteiger partial charge in [0.2, 0.25) is 0 Å². The first-order valence-corrected chi connectivity index (χ1v) is 7.13. The highest BCUT2D eigenvalue weighted by Crippen LogP contribution is 2.27. The fourth-order valence-electron chi connectivity index (χ4n) is 2.50. The standard InChI is InChI=1S/C18H15NO3/c19-10-14-6-1-2-7-15(14)11-22-18(20)16-9-13-5-3-4-8-17(13)21-12-16/h1-8,16H,9,11-12H2/t16-/m1/s1. The molecule has 0 aliphatic carbocycles. The second-order valence-electron chi connectivity index (χ2n) is 5.20. The lowest BCUT2D eigenvalue weighted by Gasteiger charge is -2.23. The quantitative estimate of drug-likeness (QED) is 0.816. The minimum absolute atomic E-state index is 0.112. The van der Waals surface area contributed by atoms with Crippen molar-refractivity contribution in [3.8, 4) is 11.8 Å². The number of esters is 1.